The number of ether oxygens (including phenoxy) is 1. The summed E-state index contributed by atoms with van der Waals surface area (Å²) in [7, 11) is 0. The summed E-state index contributed by atoms with van der Waals surface area (Å²) in [5, 5.41) is 9.77. The third-order valence-corrected chi connectivity index (χ3v) is 4.70. The lowest BCUT2D eigenvalue weighted by Crippen LogP contribution is -2.22. The van der Waals surface area contributed by atoms with E-state index < -0.39 is 0 Å². The minimum atomic E-state index is -0.0882. The molecule has 4 aromatic rings. The maximum Gasteiger partial charge on any atom is 0.274 e. The highest BCUT2D eigenvalue weighted by atomic mass is 32.1. The van der Waals surface area contributed by atoms with Crippen molar-refractivity contribution in [1.82, 2.24) is 9.38 Å². The summed E-state index contributed by atoms with van der Waals surface area (Å²) in [4.78, 5) is 17.9. The van der Waals surface area contributed by atoms with Crippen LogP contribution in [0.2, 0.25) is 0 Å². The van der Waals surface area contributed by atoms with Crippen LogP contribution in [0.4, 0.5) is 0 Å². The van der Waals surface area contributed by atoms with Gasteiger partial charge in [-0.2, -0.15) is 0 Å². The Morgan fingerprint density at radius 3 is 2.96 bits per heavy atom. The summed E-state index contributed by atoms with van der Waals surface area (Å²) < 4.78 is 7.61. The fraction of sp³-hybridized carbons (Fsp3) is 0.111. The van der Waals surface area contributed by atoms with E-state index in [4.69, 9.17) is 4.74 Å². The molecule has 0 amide bonds. The molecule has 2 aromatic heterocycles. The van der Waals surface area contributed by atoms with Crippen molar-refractivity contribution in [3.8, 4) is 11.5 Å². The number of imidazole rings is 1. The first-order valence-electron chi connectivity index (χ1n) is 7.55. The van der Waals surface area contributed by atoms with Crippen molar-refractivity contribution in [2.24, 2.45) is 0 Å². The van der Waals surface area contributed by atoms with Gasteiger partial charge in [-0.25, -0.2) is 9.38 Å². The van der Waals surface area contributed by atoms with Gasteiger partial charge in [0.2, 0.25) is 0 Å². The zero-order chi connectivity index (χ0) is 16.7. The van der Waals surface area contributed by atoms with E-state index in [-0.39, 0.29) is 11.3 Å². The third-order valence-electron chi connectivity index (χ3n) is 3.73. The predicted molar refractivity (Wildman–Crippen MR) is 94.9 cm³/mol. The Bertz CT molecular complexity index is 1160. The monoisotopic (exact) mass is 338 g/mol. The van der Waals surface area contributed by atoms with Crippen molar-refractivity contribution >= 4 is 33.4 Å². The Hall–Kier alpha value is -2.86. The van der Waals surface area contributed by atoms with Gasteiger partial charge in [-0.1, -0.05) is 29.5 Å². The minimum absolute atomic E-state index is 0.0864. The molecule has 5 nitrogen and oxygen atoms in total. The van der Waals surface area contributed by atoms with Crippen LogP contribution >= 0.6 is 11.3 Å². The van der Waals surface area contributed by atoms with E-state index in [9.17, 15) is 9.90 Å². The van der Waals surface area contributed by atoms with Crippen LogP contribution in [0.25, 0.3) is 22.1 Å². The number of aromatic nitrogens is 2. The van der Waals surface area contributed by atoms with Crippen molar-refractivity contribution < 1.29 is 9.84 Å². The number of hydrogen-bond acceptors (Lipinski definition) is 5. The maximum atomic E-state index is 12.7. The zero-order valence-corrected chi connectivity index (χ0v) is 13.7. The largest absolute Gasteiger partial charge is 0.504 e. The maximum absolute atomic E-state index is 12.7. The number of benzene rings is 2. The number of hydrogen-bond donors (Lipinski definition) is 1. The highest BCUT2D eigenvalue weighted by Crippen LogP contribution is 2.27. The molecule has 120 valence electrons. The third kappa shape index (κ3) is 2.32. The molecule has 0 unspecified atom stereocenters. The molecule has 0 aliphatic carbocycles. The van der Waals surface area contributed by atoms with E-state index in [1.54, 1.807) is 28.7 Å². The molecule has 0 atom stereocenters. The van der Waals surface area contributed by atoms with Gasteiger partial charge in [0.05, 0.1) is 22.2 Å². The number of thiazole rings is 1. The molecule has 4 rings (SSSR count). The normalized spacial score (nSPS) is 12.3. The van der Waals surface area contributed by atoms with Crippen LogP contribution in [0.3, 0.4) is 0 Å². The summed E-state index contributed by atoms with van der Waals surface area (Å²) in [6, 6.07) is 12.6. The van der Waals surface area contributed by atoms with Gasteiger partial charge < -0.3 is 9.84 Å². The van der Waals surface area contributed by atoms with Gasteiger partial charge in [0.15, 0.2) is 16.5 Å². The summed E-state index contributed by atoms with van der Waals surface area (Å²) in [6.45, 7) is 2.31. The molecule has 0 fully saturated rings. The number of phenolic OH excluding ortho intramolecular Hbond substituents is 1. The van der Waals surface area contributed by atoms with Crippen LogP contribution < -0.4 is 14.8 Å². The first kappa shape index (κ1) is 14.7. The van der Waals surface area contributed by atoms with Gasteiger partial charge in [0.1, 0.15) is 0 Å². The zero-order valence-electron chi connectivity index (χ0n) is 12.9. The number of nitrogens with zero attached hydrogens (tertiary/aromatic N) is 2. The lowest BCUT2D eigenvalue weighted by Gasteiger charge is -2.05. The summed E-state index contributed by atoms with van der Waals surface area (Å²) in [6.07, 6.45) is 1.79. The molecule has 2 heterocycles. The topological polar surface area (TPSA) is 63.8 Å². The Morgan fingerprint density at radius 1 is 1.29 bits per heavy atom. The quantitative estimate of drug-likeness (QED) is 0.623. The molecule has 6 heteroatoms. The molecule has 0 radical (unpaired) electrons. The van der Waals surface area contributed by atoms with Crippen molar-refractivity contribution in [2.75, 3.05) is 6.61 Å². The first-order valence-corrected chi connectivity index (χ1v) is 8.36. The minimum Gasteiger partial charge on any atom is -0.504 e. The Morgan fingerprint density at radius 2 is 2.12 bits per heavy atom. The van der Waals surface area contributed by atoms with Gasteiger partial charge in [0, 0.05) is 0 Å². The molecule has 0 aliphatic heterocycles. The molecular formula is C18H14N2O3S. The number of phenols is 1. The SMILES string of the molecule is CCOc1cc(/C=c2\sc3nc4ccccc4n3c2=O)ccc1O. The lowest BCUT2D eigenvalue weighted by atomic mass is 10.2. The molecule has 1 N–H and O–H groups in total. The van der Waals surface area contributed by atoms with Gasteiger partial charge >= 0.3 is 0 Å². The van der Waals surface area contributed by atoms with Crippen LogP contribution in [-0.4, -0.2) is 21.1 Å². The highest BCUT2D eigenvalue weighted by Gasteiger charge is 2.10. The smallest absolute Gasteiger partial charge is 0.274 e. The number of rotatable bonds is 3. The second-order valence-electron chi connectivity index (χ2n) is 5.29. The van der Waals surface area contributed by atoms with Gasteiger partial charge in [-0.3, -0.25) is 4.79 Å². The van der Waals surface area contributed by atoms with E-state index in [1.165, 1.54) is 11.3 Å². The fourth-order valence-electron chi connectivity index (χ4n) is 2.65. The Balaban J connectivity index is 1.90. The van der Waals surface area contributed by atoms with E-state index in [0.717, 1.165) is 16.6 Å². The summed E-state index contributed by atoms with van der Waals surface area (Å²) in [5.41, 5.74) is 2.33. The second kappa shape index (κ2) is 5.65. The molecule has 0 saturated carbocycles. The van der Waals surface area contributed by atoms with E-state index in [0.29, 0.717) is 21.8 Å². The Labute approximate surface area is 141 Å². The van der Waals surface area contributed by atoms with Crippen LogP contribution in [0, 0.1) is 0 Å². The number of para-hydroxylation sites is 2. The predicted octanol–water partition coefficient (Wildman–Crippen LogP) is 2.56. The summed E-state index contributed by atoms with van der Waals surface area (Å²) >= 11 is 1.35. The van der Waals surface area contributed by atoms with Gasteiger partial charge in [0.25, 0.3) is 5.56 Å². The molecular weight excluding hydrogens is 324 g/mol. The van der Waals surface area contributed by atoms with Gasteiger partial charge in [-0.15, -0.1) is 0 Å². The average molecular weight is 338 g/mol. The molecule has 2 aromatic carbocycles. The molecule has 0 aliphatic rings. The standard InChI is InChI=1S/C18H14N2O3S/c1-2-23-15-9-11(7-8-14(15)21)10-16-17(22)20-13-6-4-3-5-12(13)19-18(20)24-16/h3-10,21H,2H2,1H3/b16-10-. The fourth-order valence-corrected chi connectivity index (χ4v) is 3.64. The number of aromatic hydroxyl groups is 1. The molecule has 24 heavy (non-hydrogen) atoms. The van der Waals surface area contributed by atoms with Crippen molar-refractivity contribution in [2.45, 2.75) is 6.92 Å². The average Bonchev–Trinajstić information content (AvgIpc) is 3.08. The van der Waals surface area contributed by atoms with Crippen LogP contribution in [0.1, 0.15) is 12.5 Å². The Kier molecular flexibility index (Phi) is 3.46. The van der Waals surface area contributed by atoms with Crippen molar-refractivity contribution in [3.63, 3.8) is 0 Å². The van der Waals surface area contributed by atoms with Crippen LogP contribution in [0.5, 0.6) is 11.5 Å². The van der Waals surface area contributed by atoms with Crippen molar-refractivity contribution in [1.29, 1.82) is 0 Å². The van der Waals surface area contributed by atoms with Crippen LogP contribution in [0.15, 0.2) is 47.3 Å². The van der Waals surface area contributed by atoms with Crippen molar-refractivity contribution in [3.05, 3.63) is 62.9 Å². The van der Waals surface area contributed by atoms with Crippen LogP contribution in [-0.2, 0) is 0 Å². The highest BCUT2D eigenvalue weighted by molar-refractivity contribution is 7.15. The first-order chi connectivity index (χ1) is 11.7. The second-order valence-corrected chi connectivity index (χ2v) is 6.30. The lowest BCUT2D eigenvalue weighted by molar-refractivity contribution is 0.318. The van der Waals surface area contributed by atoms with Gasteiger partial charge in [-0.05, 0) is 42.8 Å². The van der Waals surface area contributed by atoms with E-state index in [1.807, 2.05) is 31.2 Å². The van der Waals surface area contributed by atoms with E-state index in [2.05, 4.69) is 4.98 Å². The molecule has 0 saturated heterocycles. The molecule has 0 spiro atoms. The summed E-state index contributed by atoms with van der Waals surface area (Å²) in [5.74, 6) is 0.494. The molecule has 0 bridgehead atoms. The van der Waals surface area contributed by atoms with E-state index >= 15 is 0 Å². The number of fused-ring (bicyclic) bond motifs is 3.